The first-order chi connectivity index (χ1) is 16.3. The van der Waals surface area contributed by atoms with E-state index in [-0.39, 0.29) is 50.8 Å². The van der Waals surface area contributed by atoms with Crippen LogP contribution in [0.1, 0.15) is 11.1 Å². The Morgan fingerprint density at radius 2 is 1.00 bits per heavy atom. The zero-order chi connectivity index (χ0) is 26.6. The van der Waals surface area contributed by atoms with Crippen molar-refractivity contribution in [3.8, 4) is 11.5 Å². The topological polar surface area (TPSA) is 159 Å². The molecule has 35 heavy (non-hydrogen) atoms. The zero-order valence-electron chi connectivity index (χ0n) is 18.4. The molecule has 0 atom stereocenters. The third-order valence-electron chi connectivity index (χ3n) is 4.46. The van der Waals surface area contributed by atoms with Crippen molar-refractivity contribution in [2.45, 2.75) is 19.3 Å². The molecule has 0 saturated carbocycles. The van der Waals surface area contributed by atoms with E-state index in [1.165, 1.54) is 12.1 Å². The Morgan fingerprint density at radius 1 is 0.686 bits per heavy atom. The highest BCUT2D eigenvalue weighted by Gasteiger charge is 2.38. The average molecular weight is 502 g/mol. The van der Waals surface area contributed by atoms with Gasteiger partial charge in [0, 0.05) is 37.3 Å². The Balaban J connectivity index is 0.000000762. The summed E-state index contributed by atoms with van der Waals surface area (Å²) in [5.74, 6) is -4.63. The number of halogens is 3. The number of aromatic hydroxyl groups is 2. The zero-order valence-corrected chi connectivity index (χ0v) is 18.4. The minimum absolute atomic E-state index is 0.0782. The average Bonchev–Trinajstić information content (AvgIpc) is 2.74. The molecule has 0 spiro atoms. The molecule has 0 bridgehead atoms. The number of hydrogen-bond acceptors (Lipinski definition) is 7. The summed E-state index contributed by atoms with van der Waals surface area (Å²) in [5, 5.41) is 45.3. The third kappa shape index (κ3) is 11.7. The van der Waals surface area contributed by atoms with E-state index in [9.17, 15) is 33.0 Å². The van der Waals surface area contributed by atoms with Gasteiger partial charge in [-0.15, -0.1) is 0 Å². The standard InChI is InChI=1S/C20H24N2O6.C2HF3O2/c23-17-7-3-1-5-15(17)11-21(13-19(25)26)9-10-22(14-20(27)28)12-16-6-2-4-8-18(16)24;3-2(4,5)1(6)7/h1-8,23-24H,9-14H2,(H,25,26)(H,27,28);(H,6,7). The maximum atomic E-state index is 11.2. The van der Waals surface area contributed by atoms with Crippen LogP contribution < -0.4 is 0 Å². The number of carboxylic acid groups (broad SMARTS) is 3. The normalized spacial score (nSPS) is 11.1. The molecule has 0 fully saturated rings. The number of carbonyl (C=O) groups is 3. The van der Waals surface area contributed by atoms with E-state index in [0.29, 0.717) is 11.1 Å². The summed E-state index contributed by atoms with van der Waals surface area (Å²) >= 11 is 0. The molecule has 0 aliphatic carbocycles. The highest BCUT2D eigenvalue weighted by atomic mass is 19.4. The van der Waals surface area contributed by atoms with Crippen molar-refractivity contribution in [3.63, 3.8) is 0 Å². The molecule has 0 aromatic heterocycles. The lowest BCUT2D eigenvalue weighted by Crippen LogP contribution is -2.39. The van der Waals surface area contributed by atoms with Crippen LogP contribution in [0.4, 0.5) is 13.2 Å². The predicted octanol–water partition coefficient (Wildman–Crippen LogP) is 2.20. The van der Waals surface area contributed by atoms with Crippen LogP contribution in [0.5, 0.6) is 11.5 Å². The van der Waals surface area contributed by atoms with Crippen LogP contribution in [-0.4, -0.2) is 85.6 Å². The van der Waals surface area contributed by atoms with Gasteiger partial charge < -0.3 is 25.5 Å². The summed E-state index contributed by atoms with van der Waals surface area (Å²) in [7, 11) is 0. The number of para-hydroxylation sites is 2. The monoisotopic (exact) mass is 502 g/mol. The second-order valence-electron chi connectivity index (χ2n) is 7.27. The molecule has 2 aromatic rings. The van der Waals surface area contributed by atoms with E-state index < -0.39 is 24.1 Å². The fraction of sp³-hybridized carbons (Fsp3) is 0.318. The second-order valence-corrected chi connectivity index (χ2v) is 7.27. The van der Waals surface area contributed by atoms with Gasteiger partial charge in [-0.05, 0) is 12.1 Å². The Kier molecular flexibility index (Phi) is 11.5. The van der Waals surface area contributed by atoms with Crippen LogP contribution in [0.15, 0.2) is 48.5 Å². The van der Waals surface area contributed by atoms with E-state index in [1.54, 1.807) is 46.2 Å². The third-order valence-corrected chi connectivity index (χ3v) is 4.46. The number of nitrogens with zero attached hydrogens (tertiary/aromatic N) is 2. The minimum Gasteiger partial charge on any atom is -0.508 e. The number of aliphatic carboxylic acids is 3. The number of benzene rings is 2. The molecule has 0 radical (unpaired) electrons. The van der Waals surface area contributed by atoms with E-state index >= 15 is 0 Å². The smallest absolute Gasteiger partial charge is 0.490 e. The van der Waals surface area contributed by atoms with Crippen LogP contribution in [0.25, 0.3) is 0 Å². The van der Waals surface area contributed by atoms with Crippen molar-refractivity contribution >= 4 is 17.9 Å². The SMILES string of the molecule is O=C(O)C(F)(F)F.O=C(O)CN(CCN(CC(=O)O)Cc1ccccc1O)Cc1ccccc1O. The number of hydrogen-bond donors (Lipinski definition) is 5. The first-order valence-corrected chi connectivity index (χ1v) is 10.0. The number of carboxylic acids is 3. The van der Waals surface area contributed by atoms with E-state index in [4.69, 9.17) is 20.1 Å². The van der Waals surface area contributed by atoms with Gasteiger partial charge in [0.25, 0.3) is 0 Å². The molecule has 0 aliphatic rings. The number of alkyl halides is 3. The van der Waals surface area contributed by atoms with Gasteiger partial charge in [0.2, 0.25) is 0 Å². The van der Waals surface area contributed by atoms with Gasteiger partial charge in [-0.1, -0.05) is 36.4 Å². The van der Waals surface area contributed by atoms with Gasteiger partial charge in [0.05, 0.1) is 13.1 Å². The second kappa shape index (κ2) is 13.8. The van der Waals surface area contributed by atoms with Gasteiger partial charge in [0.1, 0.15) is 11.5 Å². The van der Waals surface area contributed by atoms with Crippen LogP contribution in [0.3, 0.4) is 0 Å². The van der Waals surface area contributed by atoms with E-state index in [0.717, 1.165) is 0 Å². The number of rotatable bonds is 11. The molecule has 10 nitrogen and oxygen atoms in total. The molecular formula is C22H25F3N2O8. The van der Waals surface area contributed by atoms with Gasteiger partial charge in [-0.3, -0.25) is 19.4 Å². The van der Waals surface area contributed by atoms with Crippen LogP contribution in [0.2, 0.25) is 0 Å². The Hall–Kier alpha value is -3.84. The molecule has 5 N–H and O–H groups in total. The number of phenolic OH excluding ortho intramolecular Hbond substituents is 2. The van der Waals surface area contributed by atoms with Crippen molar-refractivity contribution in [3.05, 3.63) is 59.7 Å². The molecule has 0 unspecified atom stereocenters. The first-order valence-electron chi connectivity index (χ1n) is 10.0. The van der Waals surface area contributed by atoms with Crippen molar-refractivity contribution in [1.82, 2.24) is 9.80 Å². The molecule has 0 amide bonds. The summed E-state index contributed by atoms with van der Waals surface area (Å²) in [5.41, 5.74) is 1.18. The largest absolute Gasteiger partial charge is 0.508 e. The van der Waals surface area contributed by atoms with Gasteiger partial charge in [0.15, 0.2) is 0 Å². The summed E-state index contributed by atoms with van der Waals surface area (Å²) in [6.45, 7) is 0.508. The van der Waals surface area contributed by atoms with Crippen molar-refractivity contribution in [1.29, 1.82) is 0 Å². The predicted molar refractivity (Wildman–Crippen MR) is 116 cm³/mol. The van der Waals surface area contributed by atoms with Crippen molar-refractivity contribution < 1.29 is 53.1 Å². The lowest BCUT2D eigenvalue weighted by Gasteiger charge is -2.26. The number of phenols is 2. The minimum atomic E-state index is -5.08. The molecule has 13 heteroatoms. The Bertz CT molecular complexity index is 933. The highest BCUT2D eigenvalue weighted by molar-refractivity contribution is 5.73. The quantitative estimate of drug-likeness (QED) is 0.308. The lowest BCUT2D eigenvalue weighted by atomic mass is 10.1. The summed E-state index contributed by atoms with van der Waals surface area (Å²) < 4.78 is 31.7. The van der Waals surface area contributed by atoms with Crippen LogP contribution >= 0.6 is 0 Å². The first kappa shape index (κ1) is 29.2. The maximum Gasteiger partial charge on any atom is 0.490 e. The summed E-state index contributed by atoms with van der Waals surface area (Å²) in [4.78, 5) is 34.5. The molecule has 0 heterocycles. The van der Waals surface area contributed by atoms with E-state index in [1.807, 2.05) is 0 Å². The molecule has 192 valence electrons. The van der Waals surface area contributed by atoms with Crippen molar-refractivity contribution in [2.24, 2.45) is 0 Å². The molecular weight excluding hydrogens is 477 g/mol. The lowest BCUT2D eigenvalue weighted by molar-refractivity contribution is -0.192. The Morgan fingerprint density at radius 3 is 1.26 bits per heavy atom. The van der Waals surface area contributed by atoms with Gasteiger partial charge in [-0.25, -0.2) is 4.79 Å². The van der Waals surface area contributed by atoms with Crippen LogP contribution in [-0.2, 0) is 27.5 Å². The molecule has 0 saturated heterocycles. The Labute approximate surface area is 198 Å². The van der Waals surface area contributed by atoms with Gasteiger partial charge in [-0.2, -0.15) is 13.2 Å². The maximum absolute atomic E-state index is 11.2. The highest BCUT2D eigenvalue weighted by Crippen LogP contribution is 2.19. The summed E-state index contributed by atoms with van der Waals surface area (Å²) in [6, 6.07) is 13.4. The summed E-state index contributed by atoms with van der Waals surface area (Å²) in [6.07, 6.45) is -5.08. The van der Waals surface area contributed by atoms with E-state index in [2.05, 4.69) is 0 Å². The van der Waals surface area contributed by atoms with Crippen molar-refractivity contribution in [2.75, 3.05) is 26.2 Å². The fourth-order valence-electron chi connectivity index (χ4n) is 2.86. The molecule has 0 aliphatic heterocycles. The van der Waals surface area contributed by atoms with Gasteiger partial charge >= 0.3 is 24.1 Å². The van der Waals surface area contributed by atoms with Crippen LogP contribution in [0, 0.1) is 0 Å². The molecule has 2 rings (SSSR count). The fourth-order valence-corrected chi connectivity index (χ4v) is 2.86. The molecule has 2 aromatic carbocycles.